The van der Waals surface area contributed by atoms with E-state index < -0.39 is 93.4 Å². The molecule has 7 N–H and O–H groups in total. The van der Waals surface area contributed by atoms with Gasteiger partial charge in [-0.15, -0.1) is 5.10 Å². The van der Waals surface area contributed by atoms with Crippen molar-refractivity contribution in [3.05, 3.63) is 88.9 Å². The number of carbonyl (C=O) groups is 2. The largest absolute Gasteiger partial charge is 0.420 e. The zero-order valence-electron chi connectivity index (χ0n) is 43.8. The Bertz CT molecular complexity index is 2840. The van der Waals surface area contributed by atoms with E-state index >= 15 is 0 Å². The van der Waals surface area contributed by atoms with E-state index in [2.05, 4.69) is 40.7 Å². The van der Waals surface area contributed by atoms with Crippen LogP contribution in [-0.2, 0) is 79.0 Å². The first-order valence-corrected chi connectivity index (χ1v) is 29.2. The molecular formula is C47H63ClF3N9O20P2. The highest BCUT2D eigenvalue weighted by Crippen LogP contribution is 2.55. The molecule has 0 spiro atoms. The Morgan fingerprint density at radius 1 is 0.768 bits per heavy atom. The summed E-state index contributed by atoms with van der Waals surface area (Å²) in [7, 11) is -9.74. The van der Waals surface area contributed by atoms with Crippen LogP contribution in [0.15, 0.2) is 54.9 Å². The molecule has 0 aliphatic carbocycles. The van der Waals surface area contributed by atoms with Crippen LogP contribution < -0.4 is 15.4 Å². The van der Waals surface area contributed by atoms with Crippen molar-refractivity contribution in [1.82, 2.24) is 40.1 Å². The second-order valence-corrected chi connectivity index (χ2v) is 21.8. The maximum Gasteiger partial charge on any atom is 0.340 e. The number of esters is 1. The number of amides is 1. The van der Waals surface area contributed by atoms with E-state index in [1.807, 2.05) is 0 Å². The van der Waals surface area contributed by atoms with Gasteiger partial charge in [0.05, 0.1) is 143 Å². The molecule has 5 aromatic rings. The number of carbonyl (C=O) groups excluding carboxylic acids is 2. The second kappa shape index (κ2) is 33.9. The summed E-state index contributed by atoms with van der Waals surface area (Å²) in [6.07, 6.45) is -3.45. The molecule has 4 heterocycles. The van der Waals surface area contributed by atoms with Crippen molar-refractivity contribution in [2.24, 2.45) is 0 Å². The molecule has 1 saturated heterocycles. The first kappa shape index (κ1) is 66.0. The fourth-order valence-electron chi connectivity index (χ4n) is 7.38. The average Bonchev–Trinajstić information content (AvgIpc) is 4.35. The van der Waals surface area contributed by atoms with Gasteiger partial charge in [0, 0.05) is 18.7 Å². The van der Waals surface area contributed by atoms with Crippen molar-refractivity contribution in [1.29, 1.82) is 0 Å². The van der Waals surface area contributed by atoms with Gasteiger partial charge < -0.3 is 87.4 Å². The third-order valence-electron chi connectivity index (χ3n) is 11.2. The maximum absolute atomic E-state index is 13.6. The van der Waals surface area contributed by atoms with Crippen molar-refractivity contribution in [3.63, 3.8) is 0 Å². The molecule has 1 amide bonds. The number of fused-ring (bicyclic) bond motifs is 1. The van der Waals surface area contributed by atoms with Gasteiger partial charge in [-0.05, 0) is 17.2 Å². The summed E-state index contributed by atoms with van der Waals surface area (Å²) < 4.78 is 125. The number of aliphatic hydroxyl groups excluding tert-OH is 2. The minimum Gasteiger partial charge on any atom is -0.420 e. The summed E-state index contributed by atoms with van der Waals surface area (Å²) in [5.41, 5.74) is 1.20. The number of aliphatic hydroxyl groups is 2. The normalized spacial score (nSPS) is 17.5. The number of benzene rings is 2. The summed E-state index contributed by atoms with van der Waals surface area (Å²) in [4.78, 5) is 61.9. The minimum atomic E-state index is -4.93. The lowest BCUT2D eigenvalue weighted by molar-refractivity contribution is -0.136. The quantitative estimate of drug-likeness (QED) is 0.00970. The van der Waals surface area contributed by atoms with Crippen LogP contribution in [0, 0.1) is 17.5 Å². The molecule has 6 atom stereocenters. The fourth-order valence-corrected chi connectivity index (χ4v) is 10.1. The topological polar surface area (TPSA) is 369 Å². The Balaban J connectivity index is 0.756. The van der Waals surface area contributed by atoms with Crippen LogP contribution in [0.2, 0.25) is 5.28 Å². The molecule has 2 aromatic carbocycles. The lowest BCUT2D eigenvalue weighted by Gasteiger charge is -2.20. The van der Waals surface area contributed by atoms with Crippen molar-refractivity contribution < 1.29 is 109 Å². The van der Waals surface area contributed by atoms with Crippen LogP contribution in [0.1, 0.15) is 29.9 Å². The molecule has 1 aliphatic rings. The Kier molecular flexibility index (Phi) is 27.3. The number of halogens is 4. The molecule has 82 heavy (non-hydrogen) atoms. The van der Waals surface area contributed by atoms with Crippen LogP contribution in [0.4, 0.5) is 19.0 Å². The predicted molar refractivity (Wildman–Crippen MR) is 277 cm³/mol. The van der Waals surface area contributed by atoms with E-state index in [-0.39, 0.29) is 81.3 Å². The standard InChI is InChI=1S/C47H63ClF3N9O20P2/c48-47-55-43(34-26-53-60(44(34)56-47)46-41(63)40(62)37(79-46)29-78-82(68,69)30-81(65,66)67)54-39(31-4-2-1-3-5-31)45(64)52-7-10-71-13-16-74-20-21-76-22-23-77-28-33-27-59(58-57-33)8-11-72-14-17-75-19-18-73-15-12-70-9-6-38(61)80-42-35(50)24-32(49)25-36(42)51/h1-5,24-27,37,39-41,46,62-63H,6-23,28-30H2,(H,52,64)(H,68,69)(H,54,55,56)(H2,65,66,67)/t37-,39-,40-,41-,46-/m1/s1. The number of hydrogen-bond acceptors (Lipinski definition) is 23. The van der Waals surface area contributed by atoms with Gasteiger partial charge in [0.15, 0.2) is 29.4 Å². The molecule has 454 valence electrons. The van der Waals surface area contributed by atoms with E-state index in [0.717, 1.165) is 4.68 Å². The van der Waals surface area contributed by atoms with Crippen LogP contribution in [-0.4, -0.2) is 208 Å². The molecule has 3 aromatic heterocycles. The van der Waals surface area contributed by atoms with Crippen LogP contribution in [0.5, 0.6) is 5.75 Å². The van der Waals surface area contributed by atoms with Crippen molar-refractivity contribution >= 4 is 55.5 Å². The summed E-state index contributed by atoms with van der Waals surface area (Å²) in [5, 5.41) is 39.8. The third-order valence-corrected chi connectivity index (χ3v) is 14.8. The van der Waals surface area contributed by atoms with E-state index in [0.29, 0.717) is 89.4 Å². The lowest BCUT2D eigenvalue weighted by atomic mass is 10.1. The van der Waals surface area contributed by atoms with Gasteiger partial charge in [0.1, 0.15) is 41.7 Å². The number of ether oxygens (including phenoxy) is 10. The Morgan fingerprint density at radius 2 is 1.35 bits per heavy atom. The summed E-state index contributed by atoms with van der Waals surface area (Å²) >= 11 is 6.32. The molecule has 35 heteroatoms. The molecule has 0 radical (unpaired) electrons. The number of rotatable bonds is 40. The maximum atomic E-state index is 13.6. The molecular weight excluding hydrogens is 1160 g/mol. The Labute approximate surface area is 471 Å². The van der Waals surface area contributed by atoms with E-state index in [1.165, 1.54) is 6.20 Å². The molecule has 6 rings (SSSR count). The highest BCUT2D eigenvalue weighted by molar-refractivity contribution is 7.70. The van der Waals surface area contributed by atoms with Gasteiger partial charge >= 0.3 is 21.2 Å². The Morgan fingerprint density at radius 3 is 1.98 bits per heavy atom. The number of aromatic nitrogens is 7. The van der Waals surface area contributed by atoms with E-state index in [9.17, 15) is 47.0 Å². The molecule has 29 nitrogen and oxygen atoms in total. The average molecular weight is 1230 g/mol. The van der Waals surface area contributed by atoms with Crippen molar-refractivity contribution in [2.75, 3.05) is 123 Å². The van der Waals surface area contributed by atoms with Gasteiger partial charge in [0.2, 0.25) is 16.9 Å². The lowest BCUT2D eigenvalue weighted by Crippen LogP contribution is -2.36. The van der Waals surface area contributed by atoms with Gasteiger partial charge in [-0.2, -0.15) is 15.1 Å². The first-order valence-electron chi connectivity index (χ1n) is 25.3. The molecule has 1 fully saturated rings. The zero-order valence-corrected chi connectivity index (χ0v) is 46.4. The fraction of sp³-hybridized carbons (Fsp3) is 0.553. The minimum absolute atomic E-state index is 0.00897. The SMILES string of the molecule is O=C(CCOCCOCCOCCOCCn1cc(COCCOCCOCCOCCNC(=O)[C@H](Nc2nc(Cl)nc3c2cnn3[C@@H]2O[C@H](COP(=O)(O)CP(=O)(O)O)[C@@H](O)[C@H]2O)c2ccccc2)nn1)Oc1c(F)cc(F)cc1F. The summed E-state index contributed by atoms with van der Waals surface area (Å²) in [6, 6.07) is 8.51. The number of anilines is 1. The number of hydrogen-bond donors (Lipinski definition) is 7. The van der Waals surface area contributed by atoms with Crippen LogP contribution >= 0.6 is 26.8 Å². The highest BCUT2D eigenvalue weighted by Gasteiger charge is 2.46. The van der Waals surface area contributed by atoms with E-state index in [1.54, 1.807) is 41.2 Å². The van der Waals surface area contributed by atoms with Gasteiger partial charge in [0.25, 0.3) is 0 Å². The summed E-state index contributed by atoms with van der Waals surface area (Å²) in [5.74, 6) is -7.52. The van der Waals surface area contributed by atoms with Crippen molar-refractivity contribution in [2.45, 2.75) is 50.2 Å². The molecule has 0 bridgehead atoms. The van der Waals surface area contributed by atoms with Gasteiger partial charge in [-0.25, -0.2) is 22.5 Å². The predicted octanol–water partition coefficient (Wildman–Crippen LogP) is 2.04. The van der Waals surface area contributed by atoms with Crippen LogP contribution in [0.3, 0.4) is 0 Å². The van der Waals surface area contributed by atoms with Gasteiger partial charge in [-0.3, -0.25) is 18.7 Å². The first-order chi connectivity index (χ1) is 39.4. The number of nitrogens with one attached hydrogen (secondary N) is 2. The van der Waals surface area contributed by atoms with Crippen LogP contribution in [0.25, 0.3) is 11.0 Å². The molecule has 1 aliphatic heterocycles. The van der Waals surface area contributed by atoms with Gasteiger partial charge in [-0.1, -0.05) is 35.5 Å². The Hall–Kier alpha value is -5.19. The highest BCUT2D eigenvalue weighted by atomic mass is 35.5. The van der Waals surface area contributed by atoms with E-state index in [4.69, 9.17) is 68.5 Å². The summed E-state index contributed by atoms with van der Waals surface area (Å²) in [6.45, 7) is 4.00. The van der Waals surface area contributed by atoms with Crippen molar-refractivity contribution in [3.8, 4) is 5.75 Å². The second-order valence-electron chi connectivity index (χ2n) is 17.5. The molecule has 0 saturated carbocycles. The third kappa shape index (κ3) is 22.4. The monoisotopic (exact) mass is 1230 g/mol. The number of nitrogens with zero attached hydrogens (tertiary/aromatic N) is 7. The smallest absolute Gasteiger partial charge is 0.340 e. The zero-order chi connectivity index (χ0) is 58.9. The molecule has 1 unspecified atom stereocenters.